The predicted octanol–water partition coefficient (Wildman–Crippen LogP) is 14.0. The molecule has 2 atom stereocenters. The standard InChI is InChI=1S/C46H88O6/c1-7-42(6)34-28-22-17-19-25-31-37-46(49)52-43(39-51-45(48)36-30-24-18-16-21-27-33-41(4)5)38-50-44(47)35-29-23-15-13-11-9-8-10-12-14-20-26-32-40(2)3/h40-43H,7-39H2,1-6H3/t42?,43-/m0/s1. The van der Waals surface area contributed by atoms with Crippen molar-refractivity contribution in [2.24, 2.45) is 17.8 Å². The molecule has 308 valence electrons. The van der Waals surface area contributed by atoms with Gasteiger partial charge in [-0.25, -0.2) is 0 Å². The monoisotopic (exact) mass is 737 g/mol. The van der Waals surface area contributed by atoms with Crippen LogP contribution in [0.1, 0.15) is 241 Å². The maximum atomic E-state index is 12.7. The highest BCUT2D eigenvalue weighted by Crippen LogP contribution is 2.17. The fourth-order valence-electron chi connectivity index (χ4n) is 6.67. The van der Waals surface area contributed by atoms with Crippen LogP contribution in [0.5, 0.6) is 0 Å². The molecule has 0 saturated carbocycles. The maximum absolute atomic E-state index is 12.7. The second-order valence-corrected chi connectivity index (χ2v) is 16.9. The number of esters is 3. The fourth-order valence-corrected chi connectivity index (χ4v) is 6.67. The summed E-state index contributed by atoms with van der Waals surface area (Å²) in [5.74, 6) is 1.54. The normalized spacial score (nSPS) is 12.7. The summed E-state index contributed by atoms with van der Waals surface area (Å²) in [5.41, 5.74) is 0. The Balaban J connectivity index is 4.30. The molecule has 0 heterocycles. The highest BCUT2D eigenvalue weighted by molar-refractivity contribution is 5.71. The summed E-state index contributed by atoms with van der Waals surface area (Å²) in [6, 6.07) is 0. The molecule has 0 aliphatic carbocycles. The molecular formula is C46H88O6. The Morgan fingerprint density at radius 2 is 0.673 bits per heavy atom. The molecular weight excluding hydrogens is 649 g/mol. The number of unbranched alkanes of at least 4 members (excludes halogenated alkanes) is 21. The first-order valence-electron chi connectivity index (χ1n) is 22.6. The molecule has 52 heavy (non-hydrogen) atoms. The van der Waals surface area contributed by atoms with Crippen LogP contribution in [-0.4, -0.2) is 37.2 Å². The van der Waals surface area contributed by atoms with Gasteiger partial charge in [-0.1, -0.05) is 202 Å². The zero-order chi connectivity index (χ0) is 38.5. The van der Waals surface area contributed by atoms with Gasteiger partial charge in [0, 0.05) is 19.3 Å². The Morgan fingerprint density at radius 3 is 1.00 bits per heavy atom. The van der Waals surface area contributed by atoms with Crippen molar-refractivity contribution in [1.82, 2.24) is 0 Å². The Kier molecular flexibility index (Phi) is 36.6. The van der Waals surface area contributed by atoms with Crippen LogP contribution in [0, 0.1) is 17.8 Å². The quantitative estimate of drug-likeness (QED) is 0.0355. The van der Waals surface area contributed by atoms with E-state index >= 15 is 0 Å². The summed E-state index contributed by atoms with van der Waals surface area (Å²) in [4.78, 5) is 37.6. The Morgan fingerprint density at radius 1 is 0.385 bits per heavy atom. The summed E-state index contributed by atoms with van der Waals surface area (Å²) in [6.45, 7) is 13.6. The third-order valence-corrected chi connectivity index (χ3v) is 10.5. The van der Waals surface area contributed by atoms with E-state index in [-0.39, 0.29) is 31.1 Å². The molecule has 0 aliphatic heterocycles. The molecule has 0 saturated heterocycles. The average Bonchev–Trinajstić information content (AvgIpc) is 3.11. The van der Waals surface area contributed by atoms with E-state index in [1.807, 2.05) is 0 Å². The number of hydrogen-bond acceptors (Lipinski definition) is 6. The average molecular weight is 737 g/mol. The van der Waals surface area contributed by atoms with Crippen LogP contribution in [0.25, 0.3) is 0 Å². The molecule has 0 aromatic heterocycles. The summed E-state index contributed by atoms with van der Waals surface area (Å²) < 4.78 is 16.7. The Labute approximate surface area is 323 Å². The van der Waals surface area contributed by atoms with E-state index < -0.39 is 6.10 Å². The van der Waals surface area contributed by atoms with Crippen LogP contribution < -0.4 is 0 Å². The van der Waals surface area contributed by atoms with Crippen molar-refractivity contribution in [3.63, 3.8) is 0 Å². The fraction of sp³-hybridized carbons (Fsp3) is 0.935. The van der Waals surface area contributed by atoms with Crippen molar-refractivity contribution in [3.8, 4) is 0 Å². The lowest BCUT2D eigenvalue weighted by Crippen LogP contribution is -2.30. The molecule has 0 N–H and O–H groups in total. The van der Waals surface area contributed by atoms with Gasteiger partial charge in [-0.15, -0.1) is 0 Å². The minimum Gasteiger partial charge on any atom is -0.462 e. The van der Waals surface area contributed by atoms with E-state index in [0.29, 0.717) is 19.3 Å². The van der Waals surface area contributed by atoms with Gasteiger partial charge in [0.15, 0.2) is 6.10 Å². The van der Waals surface area contributed by atoms with Gasteiger partial charge >= 0.3 is 17.9 Å². The van der Waals surface area contributed by atoms with Crippen molar-refractivity contribution in [2.75, 3.05) is 13.2 Å². The van der Waals surface area contributed by atoms with Gasteiger partial charge < -0.3 is 14.2 Å². The van der Waals surface area contributed by atoms with Crippen molar-refractivity contribution in [2.45, 2.75) is 247 Å². The first kappa shape index (κ1) is 50.4. The van der Waals surface area contributed by atoms with E-state index in [0.717, 1.165) is 75.5 Å². The molecule has 0 rings (SSSR count). The summed E-state index contributed by atoms with van der Waals surface area (Å²) >= 11 is 0. The number of ether oxygens (including phenoxy) is 3. The van der Waals surface area contributed by atoms with Gasteiger partial charge in [-0.05, 0) is 37.0 Å². The lowest BCUT2D eigenvalue weighted by atomic mass is 10.00. The van der Waals surface area contributed by atoms with E-state index in [1.165, 1.54) is 122 Å². The van der Waals surface area contributed by atoms with Crippen LogP contribution in [0.2, 0.25) is 0 Å². The second-order valence-electron chi connectivity index (χ2n) is 16.9. The van der Waals surface area contributed by atoms with Crippen LogP contribution in [0.3, 0.4) is 0 Å². The highest BCUT2D eigenvalue weighted by atomic mass is 16.6. The number of rotatable bonds is 39. The highest BCUT2D eigenvalue weighted by Gasteiger charge is 2.19. The predicted molar refractivity (Wildman–Crippen MR) is 219 cm³/mol. The van der Waals surface area contributed by atoms with Crippen molar-refractivity contribution < 1.29 is 28.6 Å². The SMILES string of the molecule is CCC(C)CCCCCCCCC(=O)O[C@@H](COC(=O)CCCCCCCCCCCCCCC(C)C)COC(=O)CCCCCCCCC(C)C. The number of carbonyl (C=O) groups is 3. The first-order chi connectivity index (χ1) is 25.1. The van der Waals surface area contributed by atoms with Crippen LogP contribution >= 0.6 is 0 Å². The molecule has 0 aromatic rings. The van der Waals surface area contributed by atoms with Gasteiger partial charge in [0.1, 0.15) is 13.2 Å². The second kappa shape index (κ2) is 37.7. The number of hydrogen-bond donors (Lipinski definition) is 0. The zero-order valence-corrected chi connectivity index (χ0v) is 35.6. The van der Waals surface area contributed by atoms with Crippen LogP contribution in [0.4, 0.5) is 0 Å². The van der Waals surface area contributed by atoms with E-state index in [4.69, 9.17) is 14.2 Å². The Hall–Kier alpha value is -1.59. The molecule has 0 radical (unpaired) electrons. The van der Waals surface area contributed by atoms with Gasteiger partial charge in [0.25, 0.3) is 0 Å². The van der Waals surface area contributed by atoms with Crippen molar-refractivity contribution >= 4 is 17.9 Å². The van der Waals surface area contributed by atoms with Crippen molar-refractivity contribution in [3.05, 3.63) is 0 Å². The molecule has 0 aliphatic rings. The topological polar surface area (TPSA) is 78.9 Å². The molecule has 6 nitrogen and oxygen atoms in total. The lowest BCUT2D eigenvalue weighted by Gasteiger charge is -2.18. The minimum absolute atomic E-state index is 0.0673. The molecule has 0 fully saturated rings. The largest absolute Gasteiger partial charge is 0.462 e. The first-order valence-corrected chi connectivity index (χ1v) is 22.6. The van der Waals surface area contributed by atoms with E-state index in [9.17, 15) is 14.4 Å². The summed E-state index contributed by atoms with van der Waals surface area (Å²) in [6.07, 6.45) is 33.9. The molecule has 0 amide bonds. The van der Waals surface area contributed by atoms with Gasteiger partial charge in [0.05, 0.1) is 0 Å². The third-order valence-electron chi connectivity index (χ3n) is 10.5. The van der Waals surface area contributed by atoms with Crippen molar-refractivity contribution in [1.29, 1.82) is 0 Å². The van der Waals surface area contributed by atoms with E-state index in [2.05, 4.69) is 41.5 Å². The zero-order valence-electron chi connectivity index (χ0n) is 35.6. The maximum Gasteiger partial charge on any atom is 0.306 e. The summed E-state index contributed by atoms with van der Waals surface area (Å²) in [7, 11) is 0. The molecule has 1 unspecified atom stereocenters. The lowest BCUT2D eigenvalue weighted by molar-refractivity contribution is -0.167. The molecule has 6 heteroatoms. The Bertz CT molecular complexity index is 809. The van der Waals surface area contributed by atoms with Crippen LogP contribution in [0.15, 0.2) is 0 Å². The molecule has 0 bridgehead atoms. The van der Waals surface area contributed by atoms with Gasteiger partial charge in [-0.3, -0.25) is 14.4 Å². The smallest absolute Gasteiger partial charge is 0.306 e. The number of carbonyl (C=O) groups excluding carboxylic acids is 3. The third kappa shape index (κ3) is 38.1. The van der Waals surface area contributed by atoms with E-state index in [1.54, 1.807) is 0 Å². The summed E-state index contributed by atoms with van der Waals surface area (Å²) in [5, 5.41) is 0. The van der Waals surface area contributed by atoms with Gasteiger partial charge in [-0.2, -0.15) is 0 Å². The minimum atomic E-state index is -0.762. The van der Waals surface area contributed by atoms with Gasteiger partial charge in [0.2, 0.25) is 0 Å². The molecule has 0 aromatic carbocycles. The van der Waals surface area contributed by atoms with Crippen LogP contribution in [-0.2, 0) is 28.6 Å². The molecule has 0 spiro atoms.